The summed E-state index contributed by atoms with van der Waals surface area (Å²) in [4.78, 5) is 2.52. The summed E-state index contributed by atoms with van der Waals surface area (Å²) in [6, 6.07) is 79.4. The van der Waals surface area contributed by atoms with Crippen LogP contribution in [-0.4, -0.2) is 4.57 Å². The molecule has 0 aliphatic heterocycles. The van der Waals surface area contributed by atoms with Crippen molar-refractivity contribution in [3.05, 3.63) is 218 Å². The summed E-state index contributed by atoms with van der Waals surface area (Å²) in [5, 5.41) is 4.99. The van der Waals surface area contributed by atoms with Crippen LogP contribution in [0.1, 0.15) is 0 Å². The lowest BCUT2D eigenvalue weighted by molar-refractivity contribution is 1.18. The van der Waals surface area contributed by atoms with Crippen molar-refractivity contribution in [2.24, 2.45) is 0 Å². The van der Waals surface area contributed by atoms with Gasteiger partial charge in [0.2, 0.25) is 0 Å². The van der Waals surface area contributed by atoms with Crippen LogP contribution in [0.4, 0.5) is 17.1 Å². The predicted octanol–water partition coefficient (Wildman–Crippen LogP) is 15.6. The first-order chi connectivity index (χ1) is 28.3. The Labute approximate surface area is 335 Å². The molecule has 0 amide bonds. The van der Waals surface area contributed by atoms with Crippen LogP contribution in [-0.2, 0) is 0 Å². The van der Waals surface area contributed by atoms with Crippen LogP contribution in [0.25, 0.3) is 81.0 Å². The fourth-order valence-electron chi connectivity index (χ4n) is 8.69. The molecule has 0 aliphatic rings. The fourth-order valence-corrected chi connectivity index (χ4v) is 9.90. The lowest BCUT2D eigenvalue weighted by atomic mass is 9.94. The number of aromatic nitrogens is 1. The number of para-hydroxylation sites is 2. The SMILES string of the molecule is c1ccc(-c2ccc(-n3c4ccccc4c4c(N(c5ccccc5-c5ccccc5)c5cccc6c5sc5ccccc56)cccc43)cc2-c2ccccc2)cc1. The number of rotatable bonds is 7. The maximum absolute atomic E-state index is 2.52. The minimum absolute atomic E-state index is 1.12. The number of hydrogen-bond donors (Lipinski definition) is 0. The average Bonchev–Trinajstić information content (AvgIpc) is 3.84. The second-order valence-corrected chi connectivity index (χ2v) is 15.5. The highest BCUT2D eigenvalue weighted by Gasteiger charge is 2.25. The summed E-state index contributed by atoms with van der Waals surface area (Å²) in [6.45, 7) is 0. The van der Waals surface area contributed by atoms with E-state index in [-0.39, 0.29) is 0 Å². The lowest BCUT2D eigenvalue weighted by Gasteiger charge is -2.29. The molecule has 0 aliphatic carbocycles. The van der Waals surface area contributed by atoms with Gasteiger partial charge in [0.15, 0.2) is 0 Å². The van der Waals surface area contributed by atoms with Gasteiger partial charge in [0.25, 0.3) is 0 Å². The van der Waals surface area contributed by atoms with Crippen molar-refractivity contribution in [1.82, 2.24) is 4.57 Å². The highest BCUT2D eigenvalue weighted by atomic mass is 32.1. The molecule has 0 saturated heterocycles. The van der Waals surface area contributed by atoms with E-state index in [2.05, 4.69) is 228 Å². The van der Waals surface area contributed by atoms with E-state index in [1.54, 1.807) is 0 Å². The Morgan fingerprint density at radius 3 is 1.67 bits per heavy atom. The van der Waals surface area contributed by atoms with Gasteiger partial charge in [-0.2, -0.15) is 0 Å². The van der Waals surface area contributed by atoms with E-state index in [0.717, 1.165) is 22.6 Å². The standard InChI is InChI=1S/C54H36N2S/c1-4-18-37(19-5-1)41-35-34-40(36-46(41)39-22-8-3-9-23-39)55-48-29-14-11-26-45(48)53-49(55)30-17-31-50(53)56(47-28-13-10-24-42(47)38-20-6-2-7-21-38)51-32-16-27-44-43-25-12-15-33-52(43)57-54(44)51/h1-36H. The Morgan fingerprint density at radius 1 is 0.351 bits per heavy atom. The van der Waals surface area contributed by atoms with E-state index in [1.165, 1.54) is 75.5 Å². The van der Waals surface area contributed by atoms with E-state index in [4.69, 9.17) is 0 Å². The van der Waals surface area contributed by atoms with Gasteiger partial charge in [0.05, 0.1) is 32.8 Å². The summed E-state index contributed by atoms with van der Waals surface area (Å²) < 4.78 is 5.02. The zero-order chi connectivity index (χ0) is 37.7. The topological polar surface area (TPSA) is 8.17 Å². The third-order valence-electron chi connectivity index (χ3n) is 11.2. The second kappa shape index (κ2) is 13.8. The Balaban J connectivity index is 1.21. The molecule has 11 rings (SSSR count). The molecule has 0 fully saturated rings. The minimum atomic E-state index is 1.12. The molecular weight excluding hydrogens is 709 g/mol. The van der Waals surface area contributed by atoms with Gasteiger partial charge in [-0.25, -0.2) is 0 Å². The average molecular weight is 745 g/mol. The number of fused-ring (bicyclic) bond motifs is 6. The van der Waals surface area contributed by atoms with Crippen molar-refractivity contribution in [1.29, 1.82) is 0 Å². The monoisotopic (exact) mass is 744 g/mol. The molecule has 0 atom stereocenters. The Kier molecular flexibility index (Phi) is 8.04. The first-order valence-electron chi connectivity index (χ1n) is 19.4. The smallest absolute Gasteiger partial charge is 0.0640 e. The molecule has 268 valence electrons. The van der Waals surface area contributed by atoms with Crippen molar-refractivity contribution in [2.45, 2.75) is 0 Å². The molecule has 57 heavy (non-hydrogen) atoms. The predicted molar refractivity (Wildman–Crippen MR) is 245 cm³/mol. The summed E-state index contributed by atoms with van der Waals surface area (Å²) in [6.07, 6.45) is 0. The van der Waals surface area contributed by atoms with Gasteiger partial charge < -0.3 is 9.47 Å². The van der Waals surface area contributed by atoms with Gasteiger partial charge in [-0.3, -0.25) is 0 Å². The van der Waals surface area contributed by atoms with Crippen molar-refractivity contribution in [2.75, 3.05) is 4.90 Å². The first-order valence-corrected chi connectivity index (χ1v) is 20.3. The number of thiophene rings is 1. The van der Waals surface area contributed by atoms with Gasteiger partial charge in [-0.05, 0) is 76.3 Å². The maximum atomic E-state index is 2.52. The summed E-state index contributed by atoms with van der Waals surface area (Å²) in [5.74, 6) is 0. The summed E-state index contributed by atoms with van der Waals surface area (Å²) in [5.41, 5.74) is 14.1. The quantitative estimate of drug-likeness (QED) is 0.158. The molecule has 2 heterocycles. The van der Waals surface area contributed by atoms with Crippen LogP contribution in [0, 0.1) is 0 Å². The largest absolute Gasteiger partial charge is 0.309 e. The molecule has 2 nitrogen and oxygen atoms in total. The molecular formula is C54H36N2S. The van der Waals surface area contributed by atoms with E-state index in [0.29, 0.717) is 0 Å². The van der Waals surface area contributed by atoms with Crippen LogP contribution in [0.2, 0.25) is 0 Å². The normalized spacial score (nSPS) is 11.5. The van der Waals surface area contributed by atoms with Crippen molar-refractivity contribution < 1.29 is 0 Å². The number of nitrogens with zero attached hydrogens (tertiary/aromatic N) is 2. The Morgan fingerprint density at radius 2 is 0.895 bits per heavy atom. The summed E-state index contributed by atoms with van der Waals surface area (Å²) in [7, 11) is 0. The van der Waals surface area contributed by atoms with E-state index in [9.17, 15) is 0 Å². The first kappa shape index (κ1) is 33.2. The summed E-state index contributed by atoms with van der Waals surface area (Å²) >= 11 is 1.87. The van der Waals surface area contributed by atoms with Crippen LogP contribution >= 0.6 is 11.3 Å². The van der Waals surface area contributed by atoms with Crippen LogP contribution in [0.3, 0.4) is 0 Å². The maximum Gasteiger partial charge on any atom is 0.0640 e. The van der Waals surface area contributed by atoms with Gasteiger partial charge in [0, 0.05) is 37.5 Å². The van der Waals surface area contributed by atoms with E-state index >= 15 is 0 Å². The zero-order valence-corrected chi connectivity index (χ0v) is 31.9. The molecule has 0 radical (unpaired) electrons. The zero-order valence-electron chi connectivity index (χ0n) is 31.1. The van der Waals surface area contributed by atoms with Gasteiger partial charge >= 0.3 is 0 Å². The highest BCUT2D eigenvalue weighted by molar-refractivity contribution is 7.26. The van der Waals surface area contributed by atoms with Crippen molar-refractivity contribution in [3.63, 3.8) is 0 Å². The molecule has 9 aromatic carbocycles. The fraction of sp³-hybridized carbons (Fsp3) is 0. The molecule has 2 aromatic heterocycles. The van der Waals surface area contributed by atoms with Crippen LogP contribution < -0.4 is 4.90 Å². The molecule has 0 spiro atoms. The lowest BCUT2D eigenvalue weighted by Crippen LogP contribution is -2.12. The second-order valence-electron chi connectivity index (χ2n) is 14.5. The minimum Gasteiger partial charge on any atom is -0.309 e. The molecule has 11 aromatic rings. The third kappa shape index (κ3) is 5.55. The molecule has 0 N–H and O–H groups in total. The van der Waals surface area contributed by atoms with Gasteiger partial charge in [0.1, 0.15) is 0 Å². The Bertz CT molecular complexity index is 3230. The van der Waals surface area contributed by atoms with Crippen molar-refractivity contribution >= 4 is 70.4 Å². The molecule has 0 unspecified atom stereocenters. The van der Waals surface area contributed by atoms with E-state index in [1.807, 2.05) is 11.3 Å². The van der Waals surface area contributed by atoms with Crippen LogP contribution in [0.15, 0.2) is 218 Å². The van der Waals surface area contributed by atoms with Crippen molar-refractivity contribution in [3.8, 4) is 39.1 Å². The number of anilines is 3. The number of hydrogen-bond acceptors (Lipinski definition) is 2. The molecule has 0 bridgehead atoms. The highest BCUT2D eigenvalue weighted by Crippen LogP contribution is 2.50. The van der Waals surface area contributed by atoms with Gasteiger partial charge in [-0.15, -0.1) is 11.3 Å². The van der Waals surface area contributed by atoms with E-state index < -0.39 is 0 Å². The third-order valence-corrected chi connectivity index (χ3v) is 12.4. The Hall–Kier alpha value is -7.20. The number of benzene rings is 9. The van der Waals surface area contributed by atoms with Crippen LogP contribution in [0.5, 0.6) is 0 Å². The molecule has 3 heteroatoms. The van der Waals surface area contributed by atoms with Gasteiger partial charge in [-0.1, -0.05) is 170 Å². The molecule has 0 saturated carbocycles.